The van der Waals surface area contributed by atoms with E-state index < -0.39 is 30.4 Å². The molecule has 3 N–H and O–H groups in total. The van der Waals surface area contributed by atoms with Crippen LogP contribution in [0.5, 0.6) is 0 Å². The van der Waals surface area contributed by atoms with Gasteiger partial charge in [0.1, 0.15) is 0 Å². The van der Waals surface area contributed by atoms with Gasteiger partial charge in [-0.2, -0.15) is 0 Å². The molecule has 80 valence electrons. The van der Waals surface area contributed by atoms with Gasteiger partial charge in [0.05, 0.1) is 20.0 Å². The van der Waals surface area contributed by atoms with E-state index in [1.807, 2.05) is 0 Å². The number of carboxylic acid groups (broad SMARTS) is 2. The van der Waals surface area contributed by atoms with Crippen molar-refractivity contribution in [1.82, 2.24) is 0 Å². The molecule has 0 rings (SSSR count). The van der Waals surface area contributed by atoms with Gasteiger partial charge in [-0.15, -0.1) is 0 Å². The molecule has 0 aromatic carbocycles. The van der Waals surface area contributed by atoms with Gasteiger partial charge in [-0.3, -0.25) is 4.79 Å². The second kappa shape index (κ2) is 4.87. The third-order valence-corrected chi connectivity index (χ3v) is 1.82. The van der Waals surface area contributed by atoms with Gasteiger partial charge in [0.25, 0.3) is 0 Å². The van der Waals surface area contributed by atoms with E-state index in [1.54, 1.807) is 0 Å². The molecule has 0 fully saturated rings. The Kier molecular flexibility index (Phi) is 4.45. The first-order valence-corrected chi connectivity index (χ1v) is 3.97. The van der Waals surface area contributed by atoms with Crippen LogP contribution >= 0.6 is 12.2 Å². The maximum absolute atomic E-state index is 10.6. The Morgan fingerprint density at radius 2 is 1.86 bits per heavy atom. The third kappa shape index (κ3) is 3.67. The normalized spacial score (nSPS) is 14.1. The first-order chi connectivity index (χ1) is 6.31. The van der Waals surface area contributed by atoms with Crippen LogP contribution in [0.15, 0.2) is 0 Å². The number of thiocarbonyl (C=S) groups is 1. The van der Waals surface area contributed by atoms with E-state index in [2.05, 4.69) is 17.0 Å². The molecule has 0 heterocycles. The summed E-state index contributed by atoms with van der Waals surface area (Å²) in [6.45, 7) is 0. The molecule has 0 bridgehead atoms. The second-order valence-corrected chi connectivity index (χ2v) is 3.12. The van der Waals surface area contributed by atoms with Crippen molar-refractivity contribution < 1.29 is 29.6 Å². The number of hydrogen-bond acceptors (Lipinski definition) is 5. The zero-order chi connectivity index (χ0) is 11.4. The first kappa shape index (κ1) is 12.8. The Morgan fingerprint density at radius 1 is 1.36 bits per heavy atom. The Labute approximate surface area is 85.1 Å². The average Bonchev–Trinajstić information content (AvgIpc) is 2.02. The lowest BCUT2D eigenvalue weighted by atomic mass is 9.96. The number of hydrogen-bond donors (Lipinski definition) is 3. The Bertz CT molecular complexity index is 263. The van der Waals surface area contributed by atoms with Crippen LogP contribution in [0.25, 0.3) is 0 Å². The summed E-state index contributed by atoms with van der Waals surface area (Å²) in [6, 6.07) is 0. The van der Waals surface area contributed by atoms with Crippen molar-refractivity contribution in [2.24, 2.45) is 0 Å². The zero-order valence-corrected chi connectivity index (χ0v) is 8.21. The summed E-state index contributed by atoms with van der Waals surface area (Å²) < 4.78 is 4.49. The quantitative estimate of drug-likeness (QED) is 0.545. The molecule has 0 aromatic rings. The van der Waals surface area contributed by atoms with E-state index in [0.717, 1.165) is 0 Å². The predicted molar refractivity (Wildman–Crippen MR) is 49.1 cm³/mol. The number of aliphatic carboxylic acids is 2. The van der Waals surface area contributed by atoms with E-state index in [1.165, 1.54) is 7.11 Å². The Morgan fingerprint density at radius 3 is 2.14 bits per heavy atom. The number of methoxy groups -OCH3 is 1. The molecule has 0 saturated carbocycles. The van der Waals surface area contributed by atoms with Crippen molar-refractivity contribution in [2.75, 3.05) is 7.11 Å². The Balaban J connectivity index is 4.63. The predicted octanol–water partition coefficient (Wildman–Crippen LogP) is -0.359. The summed E-state index contributed by atoms with van der Waals surface area (Å²) in [7, 11) is 1.21. The number of rotatable bonds is 5. The van der Waals surface area contributed by atoms with Gasteiger partial charge in [0.15, 0.2) is 10.7 Å². The van der Waals surface area contributed by atoms with Gasteiger partial charge >= 0.3 is 11.9 Å². The molecule has 0 amide bonds. The lowest BCUT2D eigenvalue weighted by Crippen LogP contribution is -2.42. The topological polar surface area (TPSA) is 104 Å². The van der Waals surface area contributed by atoms with Crippen molar-refractivity contribution in [1.29, 1.82) is 0 Å². The van der Waals surface area contributed by atoms with Crippen LogP contribution in [-0.4, -0.2) is 45.0 Å². The number of carboxylic acids is 2. The summed E-state index contributed by atoms with van der Waals surface area (Å²) >= 11 is 4.54. The fraction of sp³-hybridized carbons (Fsp3) is 0.571. The summed E-state index contributed by atoms with van der Waals surface area (Å²) in [5.74, 6) is -3.06. The molecule has 14 heavy (non-hydrogen) atoms. The van der Waals surface area contributed by atoms with Crippen LogP contribution < -0.4 is 0 Å². The third-order valence-electron chi connectivity index (χ3n) is 1.51. The van der Waals surface area contributed by atoms with E-state index in [-0.39, 0.29) is 5.05 Å². The van der Waals surface area contributed by atoms with Gasteiger partial charge in [-0.1, -0.05) is 0 Å². The second-order valence-electron chi connectivity index (χ2n) is 2.66. The SMILES string of the molecule is COC(=S)CC(O)(CC(=O)O)C(=O)O. The highest BCUT2D eigenvalue weighted by Crippen LogP contribution is 2.17. The highest BCUT2D eigenvalue weighted by molar-refractivity contribution is 7.80. The molecule has 1 unspecified atom stereocenters. The summed E-state index contributed by atoms with van der Waals surface area (Å²) in [5, 5.41) is 26.2. The maximum Gasteiger partial charge on any atom is 0.336 e. The van der Waals surface area contributed by atoms with Crippen LogP contribution in [0.4, 0.5) is 0 Å². The maximum atomic E-state index is 10.6. The molecule has 0 aliphatic heterocycles. The first-order valence-electron chi connectivity index (χ1n) is 3.56. The van der Waals surface area contributed by atoms with Crippen molar-refractivity contribution in [2.45, 2.75) is 18.4 Å². The summed E-state index contributed by atoms with van der Waals surface area (Å²) in [5.41, 5.74) is -2.40. The van der Waals surface area contributed by atoms with Crippen LogP contribution in [0, 0.1) is 0 Å². The highest BCUT2D eigenvalue weighted by Gasteiger charge is 2.39. The van der Waals surface area contributed by atoms with Gasteiger partial charge in [-0.25, -0.2) is 4.79 Å². The molecule has 0 aromatic heterocycles. The molecule has 0 saturated heterocycles. The molecule has 0 aliphatic rings. The minimum absolute atomic E-state index is 0.156. The molecule has 6 nitrogen and oxygen atoms in total. The zero-order valence-electron chi connectivity index (χ0n) is 7.39. The van der Waals surface area contributed by atoms with Gasteiger partial charge < -0.3 is 20.1 Å². The molecule has 1 atom stereocenters. The monoisotopic (exact) mass is 222 g/mol. The standard InChI is InChI=1S/C7H10O6S/c1-13-5(14)3-7(12,6(10)11)2-4(8)9/h12H,2-3H2,1H3,(H,8,9)(H,10,11). The Hall–Kier alpha value is -1.21. The van der Waals surface area contributed by atoms with Crippen molar-refractivity contribution in [3.8, 4) is 0 Å². The number of aliphatic hydroxyl groups is 1. The molecule has 0 aliphatic carbocycles. The van der Waals surface area contributed by atoms with Crippen molar-refractivity contribution in [3.05, 3.63) is 0 Å². The highest BCUT2D eigenvalue weighted by atomic mass is 32.1. The summed E-state index contributed by atoms with van der Waals surface area (Å²) in [4.78, 5) is 20.9. The minimum atomic E-state index is -2.40. The van der Waals surface area contributed by atoms with Crippen LogP contribution in [0.3, 0.4) is 0 Å². The smallest absolute Gasteiger partial charge is 0.336 e. The van der Waals surface area contributed by atoms with E-state index >= 15 is 0 Å². The van der Waals surface area contributed by atoms with Gasteiger partial charge in [0, 0.05) is 0 Å². The van der Waals surface area contributed by atoms with Gasteiger partial charge in [0.2, 0.25) is 0 Å². The number of ether oxygens (including phenoxy) is 1. The van der Waals surface area contributed by atoms with Crippen molar-refractivity contribution in [3.63, 3.8) is 0 Å². The lowest BCUT2D eigenvalue weighted by molar-refractivity contribution is -0.164. The minimum Gasteiger partial charge on any atom is -0.490 e. The molecule has 7 heteroatoms. The lowest BCUT2D eigenvalue weighted by Gasteiger charge is -2.20. The van der Waals surface area contributed by atoms with E-state index in [4.69, 9.17) is 10.2 Å². The molecule has 0 radical (unpaired) electrons. The molecular formula is C7H10O6S. The fourth-order valence-electron chi connectivity index (χ4n) is 0.775. The average molecular weight is 222 g/mol. The number of carbonyl (C=O) groups is 2. The molecular weight excluding hydrogens is 212 g/mol. The van der Waals surface area contributed by atoms with Crippen LogP contribution in [0.2, 0.25) is 0 Å². The van der Waals surface area contributed by atoms with Crippen molar-refractivity contribution >= 4 is 29.2 Å². The summed E-state index contributed by atoms with van der Waals surface area (Å²) in [6.07, 6.45) is -1.45. The fourth-order valence-corrected chi connectivity index (χ4v) is 1.01. The largest absolute Gasteiger partial charge is 0.490 e. The molecule has 0 spiro atoms. The van der Waals surface area contributed by atoms with Gasteiger partial charge in [-0.05, 0) is 12.2 Å². The van der Waals surface area contributed by atoms with E-state index in [9.17, 15) is 14.7 Å². The van der Waals surface area contributed by atoms with Crippen LogP contribution in [0.1, 0.15) is 12.8 Å². The van der Waals surface area contributed by atoms with E-state index in [0.29, 0.717) is 0 Å². The van der Waals surface area contributed by atoms with Crippen LogP contribution in [-0.2, 0) is 14.3 Å².